The Kier molecular flexibility index (Phi) is 3.42. The fourth-order valence-electron chi connectivity index (χ4n) is 1.08. The fraction of sp³-hybridized carbons (Fsp3) is 1.00. The first kappa shape index (κ1) is 11.1. The van der Waals surface area contributed by atoms with E-state index >= 15 is 0 Å². The zero-order valence-electron chi connectivity index (χ0n) is 6.61. The van der Waals surface area contributed by atoms with E-state index in [2.05, 4.69) is 4.52 Å². The second-order valence-corrected chi connectivity index (χ2v) is 3.88. The Balaban J connectivity index is 2.45. The van der Waals surface area contributed by atoms with Crippen LogP contribution in [0.15, 0.2) is 0 Å². The Morgan fingerprint density at radius 2 is 2.15 bits per heavy atom. The Bertz CT molecular complexity index is 213. The van der Waals surface area contributed by atoms with Crippen molar-refractivity contribution in [3.63, 3.8) is 0 Å². The largest absolute Gasteiger partial charge is 0.471 e. The van der Waals surface area contributed by atoms with Gasteiger partial charge in [0.15, 0.2) is 6.29 Å². The van der Waals surface area contributed by atoms with Crippen molar-refractivity contribution in [3.8, 4) is 0 Å². The van der Waals surface area contributed by atoms with Gasteiger partial charge in [-0.15, -0.1) is 0 Å². The molecule has 0 saturated carbocycles. The Morgan fingerprint density at radius 3 is 2.54 bits per heavy atom. The van der Waals surface area contributed by atoms with Crippen LogP contribution in [-0.4, -0.2) is 45.1 Å². The summed E-state index contributed by atoms with van der Waals surface area (Å²) >= 11 is 0. The molecule has 0 radical (unpaired) electrons. The summed E-state index contributed by atoms with van der Waals surface area (Å²) in [6.45, 7) is -0.414. The minimum absolute atomic E-state index is 0.0592. The molecule has 3 atom stereocenters. The molecule has 0 aromatic carbocycles. The van der Waals surface area contributed by atoms with Crippen molar-refractivity contribution in [1.82, 2.24) is 0 Å². The molecule has 4 N–H and O–H groups in total. The second kappa shape index (κ2) is 4.02. The standard InChI is InChI=1S/C5H11O7P/c6-2-4-3(7)1-5(11-4)12-13(8,9)10/h3-7H,1-2H2,(H2,8,9,10)/t3-,4+,5?/m1/s1. The summed E-state index contributed by atoms with van der Waals surface area (Å²) < 4.78 is 19.3. The molecule has 0 amide bonds. The number of ether oxygens (including phenoxy) is 1. The van der Waals surface area contributed by atoms with E-state index in [1.165, 1.54) is 0 Å². The van der Waals surface area contributed by atoms with Gasteiger partial charge in [0.2, 0.25) is 0 Å². The number of phosphoric acid groups is 1. The third kappa shape index (κ3) is 3.32. The molecule has 13 heavy (non-hydrogen) atoms. The van der Waals surface area contributed by atoms with E-state index in [0.717, 1.165) is 0 Å². The Labute approximate surface area is 74.1 Å². The lowest BCUT2D eigenvalue weighted by Gasteiger charge is -2.12. The van der Waals surface area contributed by atoms with Crippen LogP contribution in [0.3, 0.4) is 0 Å². The van der Waals surface area contributed by atoms with Crippen LogP contribution in [0, 0.1) is 0 Å². The van der Waals surface area contributed by atoms with E-state index in [4.69, 9.17) is 24.7 Å². The van der Waals surface area contributed by atoms with Gasteiger partial charge < -0.3 is 24.7 Å². The molecule has 1 aliphatic rings. The molecular formula is C5H11O7P. The van der Waals surface area contributed by atoms with Crippen molar-refractivity contribution < 1.29 is 33.8 Å². The van der Waals surface area contributed by atoms with Crippen LogP contribution in [0.1, 0.15) is 6.42 Å². The molecule has 78 valence electrons. The lowest BCUT2D eigenvalue weighted by molar-refractivity contribution is -0.102. The summed E-state index contributed by atoms with van der Waals surface area (Å²) in [5, 5.41) is 17.8. The van der Waals surface area contributed by atoms with Gasteiger partial charge in [-0.1, -0.05) is 0 Å². The van der Waals surface area contributed by atoms with Crippen LogP contribution in [0.2, 0.25) is 0 Å². The third-order valence-corrected chi connectivity index (χ3v) is 2.13. The first-order valence-corrected chi connectivity index (χ1v) is 5.14. The smallest absolute Gasteiger partial charge is 0.394 e. The van der Waals surface area contributed by atoms with Crippen LogP contribution >= 0.6 is 7.82 Å². The van der Waals surface area contributed by atoms with Gasteiger partial charge in [-0.05, 0) is 0 Å². The van der Waals surface area contributed by atoms with Gasteiger partial charge >= 0.3 is 7.82 Å². The second-order valence-electron chi connectivity index (χ2n) is 2.69. The normalized spacial score (nSPS) is 35.2. The van der Waals surface area contributed by atoms with Crippen molar-refractivity contribution in [2.24, 2.45) is 0 Å². The lowest BCUT2D eigenvalue weighted by Crippen LogP contribution is -2.24. The molecule has 0 bridgehead atoms. The molecule has 8 heteroatoms. The fourth-order valence-corrected chi connectivity index (χ4v) is 1.52. The lowest BCUT2D eigenvalue weighted by atomic mass is 10.2. The maximum absolute atomic E-state index is 10.3. The Morgan fingerprint density at radius 1 is 1.54 bits per heavy atom. The highest BCUT2D eigenvalue weighted by molar-refractivity contribution is 7.46. The minimum Gasteiger partial charge on any atom is -0.394 e. The molecule has 0 aromatic rings. The molecular weight excluding hydrogens is 203 g/mol. The van der Waals surface area contributed by atoms with Gasteiger partial charge in [0, 0.05) is 6.42 Å². The zero-order valence-corrected chi connectivity index (χ0v) is 7.50. The summed E-state index contributed by atoms with van der Waals surface area (Å²) in [5.41, 5.74) is 0. The number of hydrogen-bond donors (Lipinski definition) is 4. The molecule has 1 saturated heterocycles. The number of phosphoric ester groups is 1. The Hall–Kier alpha value is -0.0100. The van der Waals surface area contributed by atoms with Crippen LogP contribution in [-0.2, 0) is 13.8 Å². The third-order valence-electron chi connectivity index (χ3n) is 1.62. The summed E-state index contributed by atoms with van der Waals surface area (Å²) in [6.07, 6.45) is -3.01. The van der Waals surface area contributed by atoms with Crippen molar-refractivity contribution in [2.45, 2.75) is 24.9 Å². The molecule has 1 rings (SSSR count). The highest BCUT2D eigenvalue weighted by Crippen LogP contribution is 2.40. The quantitative estimate of drug-likeness (QED) is 0.425. The predicted molar refractivity (Wildman–Crippen MR) is 39.5 cm³/mol. The summed E-state index contributed by atoms with van der Waals surface area (Å²) in [4.78, 5) is 16.8. The minimum atomic E-state index is -4.60. The molecule has 0 aliphatic carbocycles. The topological polar surface area (TPSA) is 116 Å². The molecule has 0 spiro atoms. The average molecular weight is 214 g/mol. The van der Waals surface area contributed by atoms with Crippen molar-refractivity contribution in [3.05, 3.63) is 0 Å². The van der Waals surface area contributed by atoms with Crippen LogP contribution in [0.5, 0.6) is 0 Å². The van der Waals surface area contributed by atoms with E-state index in [1.807, 2.05) is 0 Å². The number of rotatable bonds is 3. The molecule has 0 aromatic heterocycles. The van der Waals surface area contributed by atoms with E-state index in [9.17, 15) is 4.57 Å². The number of aliphatic hydroxyl groups excluding tert-OH is 2. The van der Waals surface area contributed by atoms with E-state index in [-0.39, 0.29) is 6.42 Å². The summed E-state index contributed by atoms with van der Waals surface area (Å²) in [7, 11) is -4.60. The molecule has 1 unspecified atom stereocenters. The van der Waals surface area contributed by atoms with Crippen molar-refractivity contribution in [1.29, 1.82) is 0 Å². The van der Waals surface area contributed by atoms with Crippen LogP contribution in [0.4, 0.5) is 0 Å². The van der Waals surface area contributed by atoms with Crippen molar-refractivity contribution in [2.75, 3.05) is 6.61 Å². The highest BCUT2D eigenvalue weighted by Gasteiger charge is 2.37. The number of hydrogen-bond acceptors (Lipinski definition) is 5. The van der Waals surface area contributed by atoms with E-state index in [1.54, 1.807) is 0 Å². The maximum Gasteiger partial charge on any atom is 0.471 e. The van der Waals surface area contributed by atoms with Gasteiger partial charge in [-0.2, -0.15) is 0 Å². The predicted octanol–water partition coefficient (Wildman–Crippen LogP) is -1.44. The van der Waals surface area contributed by atoms with E-state index in [0.29, 0.717) is 0 Å². The van der Waals surface area contributed by atoms with Gasteiger partial charge in [0.25, 0.3) is 0 Å². The van der Waals surface area contributed by atoms with Gasteiger partial charge in [-0.25, -0.2) is 4.57 Å². The summed E-state index contributed by atoms with van der Waals surface area (Å²) in [5.74, 6) is 0. The molecule has 1 aliphatic heterocycles. The maximum atomic E-state index is 10.3. The van der Waals surface area contributed by atoms with Gasteiger partial charge in [0.05, 0.1) is 12.7 Å². The van der Waals surface area contributed by atoms with E-state index < -0.39 is 32.9 Å². The molecule has 7 nitrogen and oxygen atoms in total. The van der Waals surface area contributed by atoms with Gasteiger partial charge in [-0.3, -0.25) is 4.52 Å². The SMILES string of the molecule is O=P(O)(O)OC1C[C@@H](O)[C@H](CO)O1. The van der Waals surface area contributed by atoms with Gasteiger partial charge in [0.1, 0.15) is 6.10 Å². The first-order chi connectivity index (χ1) is 5.92. The zero-order chi connectivity index (χ0) is 10.1. The highest BCUT2D eigenvalue weighted by atomic mass is 31.2. The average Bonchev–Trinajstić information content (AvgIpc) is 2.26. The monoisotopic (exact) mass is 214 g/mol. The summed E-state index contributed by atoms with van der Waals surface area (Å²) in [6, 6.07) is 0. The van der Waals surface area contributed by atoms with Crippen molar-refractivity contribution >= 4 is 7.82 Å². The molecule has 1 heterocycles. The first-order valence-electron chi connectivity index (χ1n) is 3.60. The van der Waals surface area contributed by atoms with Crippen LogP contribution < -0.4 is 0 Å². The molecule has 1 fully saturated rings. The number of aliphatic hydroxyl groups is 2. The van der Waals surface area contributed by atoms with Crippen LogP contribution in [0.25, 0.3) is 0 Å².